The molecular formula is C12H28N2. The second kappa shape index (κ2) is 12.6. The first-order chi connectivity index (χ1) is 6.84. The molecule has 0 spiro atoms. The number of piperidine rings is 1. The SMILES string of the molecule is C=NCC1CCCCN1C.CC.CC. The van der Waals surface area contributed by atoms with E-state index in [1.165, 1.54) is 25.8 Å². The lowest BCUT2D eigenvalue weighted by Crippen LogP contribution is -2.38. The summed E-state index contributed by atoms with van der Waals surface area (Å²) < 4.78 is 0. The van der Waals surface area contributed by atoms with Gasteiger partial charge in [0.05, 0.1) is 6.54 Å². The lowest BCUT2D eigenvalue weighted by molar-refractivity contribution is 0.191. The van der Waals surface area contributed by atoms with Crippen LogP contribution in [0, 0.1) is 0 Å². The van der Waals surface area contributed by atoms with E-state index in [9.17, 15) is 0 Å². The summed E-state index contributed by atoms with van der Waals surface area (Å²) >= 11 is 0. The summed E-state index contributed by atoms with van der Waals surface area (Å²) in [7, 11) is 2.18. The van der Waals surface area contributed by atoms with E-state index >= 15 is 0 Å². The molecule has 2 nitrogen and oxygen atoms in total. The van der Waals surface area contributed by atoms with Gasteiger partial charge in [0.1, 0.15) is 0 Å². The molecule has 1 unspecified atom stereocenters. The number of likely N-dealkylation sites (tertiary alicyclic amines) is 1. The second-order valence-corrected chi connectivity index (χ2v) is 3.04. The van der Waals surface area contributed by atoms with Gasteiger partial charge >= 0.3 is 0 Å². The molecular weight excluding hydrogens is 172 g/mol. The van der Waals surface area contributed by atoms with E-state index in [0.717, 1.165) is 6.54 Å². The van der Waals surface area contributed by atoms with E-state index in [4.69, 9.17) is 0 Å². The number of rotatable bonds is 2. The Morgan fingerprint density at radius 3 is 2.21 bits per heavy atom. The van der Waals surface area contributed by atoms with Gasteiger partial charge in [-0.15, -0.1) is 0 Å². The Hall–Kier alpha value is -0.370. The molecule has 1 atom stereocenters. The molecule has 0 aromatic heterocycles. The van der Waals surface area contributed by atoms with Gasteiger partial charge in [0.25, 0.3) is 0 Å². The monoisotopic (exact) mass is 200 g/mol. The zero-order chi connectivity index (χ0) is 11.4. The van der Waals surface area contributed by atoms with Crippen molar-refractivity contribution in [3.8, 4) is 0 Å². The molecule has 1 aliphatic heterocycles. The minimum absolute atomic E-state index is 0.672. The topological polar surface area (TPSA) is 15.6 Å². The molecule has 0 aromatic rings. The quantitative estimate of drug-likeness (QED) is 0.625. The van der Waals surface area contributed by atoms with Gasteiger partial charge in [-0.2, -0.15) is 0 Å². The van der Waals surface area contributed by atoms with Gasteiger partial charge in [0.2, 0.25) is 0 Å². The van der Waals surface area contributed by atoms with E-state index in [-0.39, 0.29) is 0 Å². The van der Waals surface area contributed by atoms with Crippen molar-refractivity contribution in [1.82, 2.24) is 4.90 Å². The average Bonchev–Trinajstić information content (AvgIpc) is 2.28. The van der Waals surface area contributed by atoms with Gasteiger partial charge in [-0.1, -0.05) is 34.1 Å². The minimum atomic E-state index is 0.672. The van der Waals surface area contributed by atoms with Gasteiger partial charge in [0, 0.05) is 6.04 Å². The normalized spacial score (nSPS) is 21.1. The fourth-order valence-electron chi connectivity index (χ4n) is 1.52. The van der Waals surface area contributed by atoms with Gasteiger partial charge < -0.3 is 4.90 Å². The lowest BCUT2D eigenvalue weighted by Gasteiger charge is -2.30. The Morgan fingerprint density at radius 1 is 1.21 bits per heavy atom. The Morgan fingerprint density at radius 2 is 1.79 bits per heavy atom. The molecule has 14 heavy (non-hydrogen) atoms. The molecule has 2 heteroatoms. The van der Waals surface area contributed by atoms with Crippen LogP contribution in [-0.2, 0) is 0 Å². The van der Waals surface area contributed by atoms with Crippen molar-refractivity contribution in [1.29, 1.82) is 0 Å². The van der Waals surface area contributed by atoms with Crippen molar-refractivity contribution in [2.75, 3.05) is 20.1 Å². The van der Waals surface area contributed by atoms with Crippen molar-refractivity contribution < 1.29 is 0 Å². The molecule has 1 saturated heterocycles. The molecule has 0 bridgehead atoms. The van der Waals surface area contributed by atoms with E-state index in [2.05, 4.69) is 23.7 Å². The average molecular weight is 200 g/mol. The molecule has 86 valence electrons. The highest BCUT2D eigenvalue weighted by molar-refractivity contribution is 5.23. The molecule has 0 saturated carbocycles. The van der Waals surface area contributed by atoms with Crippen LogP contribution in [0.1, 0.15) is 47.0 Å². The van der Waals surface area contributed by atoms with Crippen LogP contribution in [0.4, 0.5) is 0 Å². The highest BCUT2D eigenvalue weighted by atomic mass is 15.1. The van der Waals surface area contributed by atoms with Crippen LogP contribution in [-0.4, -0.2) is 37.8 Å². The summed E-state index contributed by atoms with van der Waals surface area (Å²) in [5.74, 6) is 0. The van der Waals surface area contributed by atoms with E-state index in [1.54, 1.807) is 0 Å². The Kier molecular flexibility index (Phi) is 14.5. The first kappa shape index (κ1) is 16.1. The summed E-state index contributed by atoms with van der Waals surface area (Å²) in [4.78, 5) is 6.31. The summed E-state index contributed by atoms with van der Waals surface area (Å²) in [6.07, 6.45) is 4.02. The van der Waals surface area contributed by atoms with Crippen LogP contribution in [0.2, 0.25) is 0 Å². The zero-order valence-corrected chi connectivity index (χ0v) is 10.7. The summed E-state index contributed by atoms with van der Waals surface area (Å²) in [5, 5.41) is 0. The largest absolute Gasteiger partial charge is 0.302 e. The van der Waals surface area contributed by atoms with Crippen LogP contribution in [0.5, 0.6) is 0 Å². The molecule has 0 aromatic carbocycles. The maximum atomic E-state index is 3.92. The molecule has 1 aliphatic rings. The minimum Gasteiger partial charge on any atom is -0.302 e. The lowest BCUT2D eigenvalue weighted by atomic mass is 10.0. The van der Waals surface area contributed by atoms with Crippen molar-refractivity contribution in [2.45, 2.75) is 53.0 Å². The fourth-order valence-corrected chi connectivity index (χ4v) is 1.52. The third kappa shape index (κ3) is 7.07. The van der Waals surface area contributed by atoms with E-state index in [0.29, 0.717) is 6.04 Å². The number of aliphatic imine (C=N–C) groups is 1. The number of hydrogen-bond donors (Lipinski definition) is 0. The maximum Gasteiger partial charge on any atom is 0.0537 e. The standard InChI is InChI=1S/C8H16N2.2C2H6/c1-9-7-8-5-3-4-6-10(8)2;2*1-2/h8H,1,3-7H2,2H3;2*1-2H3. The summed E-state index contributed by atoms with van der Waals surface area (Å²) in [6.45, 7) is 13.7. The summed E-state index contributed by atoms with van der Waals surface area (Å²) in [5.41, 5.74) is 0. The van der Waals surface area contributed by atoms with Crippen molar-refractivity contribution in [3.05, 3.63) is 0 Å². The van der Waals surface area contributed by atoms with E-state index in [1.807, 2.05) is 27.7 Å². The number of likely N-dealkylation sites (N-methyl/N-ethyl adjacent to an activating group) is 1. The van der Waals surface area contributed by atoms with Crippen molar-refractivity contribution >= 4 is 6.72 Å². The van der Waals surface area contributed by atoms with Crippen LogP contribution in [0.15, 0.2) is 4.99 Å². The Labute approximate surface area is 90.4 Å². The van der Waals surface area contributed by atoms with Crippen molar-refractivity contribution in [3.63, 3.8) is 0 Å². The highest BCUT2D eigenvalue weighted by Gasteiger charge is 2.17. The first-order valence-electron chi connectivity index (χ1n) is 5.97. The molecule has 1 heterocycles. The predicted molar refractivity (Wildman–Crippen MR) is 67.4 cm³/mol. The Balaban J connectivity index is 0. The Bertz CT molecular complexity index is 113. The number of nitrogens with zero attached hydrogens (tertiary/aromatic N) is 2. The molecule has 0 N–H and O–H groups in total. The van der Waals surface area contributed by atoms with Crippen LogP contribution >= 0.6 is 0 Å². The second-order valence-electron chi connectivity index (χ2n) is 3.04. The van der Waals surface area contributed by atoms with Gasteiger partial charge in [-0.25, -0.2) is 0 Å². The zero-order valence-electron chi connectivity index (χ0n) is 10.7. The summed E-state index contributed by atoms with van der Waals surface area (Å²) in [6, 6.07) is 0.672. The van der Waals surface area contributed by atoms with Crippen LogP contribution < -0.4 is 0 Å². The predicted octanol–water partition coefficient (Wildman–Crippen LogP) is 3.22. The molecule has 0 aliphatic carbocycles. The smallest absolute Gasteiger partial charge is 0.0537 e. The third-order valence-corrected chi connectivity index (χ3v) is 2.26. The van der Waals surface area contributed by atoms with Gasteiger partial charge in [0.15, 0.2) is 0 Å². The van der Waals surface area contributed by atoms with Crippen LogP contribution in [0.25, 0.3) is 0 Å². The van der Waals surface area contributed by atoms with Gasteiger partial charge in [-0.3, -0.25) is 4.99 Å². The molecule has 0 radical (unpaired) electrons. The number of hydrogen-bond acceptors (Lipinski definition) is 2. The van der Waals surface area contributed by atoms with Crippen molar-refractivity contribution in [2.24, 2.45) is 4.99 Å². The van der Waals surface area contributed by atoms with Crippen LogP contribution in [0.3, 0.4) is 0 Å². The first-order valence-corrected chi connectivity index (χ1v) is 5.97. The molecule has 1 fully saturated rings. The molecule has 1 rings (SSSR count). The fraction of sp³-hybridized carbons (Fsp3) is 0.917. The third-order valence-electron chi connectivity index (χ3n) is 2.26. The highest BCUT2D eigenvalue weighted by Crippen LogP contribution is 2.14. The van der Waals surface area contributed by atoms with Gasteiger partial charge in [-0.05, 0) is 33.2 Å². The molecule has 0 amide bonds. The van der Waals surface area contributed by atoms with E-state index < -0.39 is 0 Å². The maximum absolute atomic E-state index is 3.92.